The Labute approximate surface area is 179 Å². The summed E-state index contributed by atoms with van der Waals surface area (Å²) < 4.78 is 0. The summed E-state index contributed by atoms with van der Waals surface area (Å²) in [6.45, 7) is 7.38. The molecule has 7 nitrogen and oxygen atoms in total. The Hall–Kier alpha value is -2.74. The first-order chi connectivity index (χ1) is 14.4. The topological polar surface area (TPSA) is 91.0 Å². The van der Waals surface area contributed by atoms with Gasteiger partial charge in [-0.1, -0.05) is 36.8 Å². The number of H-pyrrole nitrogens is 1. The van der Waals surface area contributed by atoms with Crippen LogP contribution in [0.3, 0.4) is 0 Å². The van der Waals surface area contributed by atoms with Crippen molar-refractivity contribution in [2.75, 3.05) is 18.4 Å². The van der Waals surface area contributed by atoms with Gasteiger partial charge in [-0.05, 0) is 37.0 Å². The number of fused-ring (bicyclic) bond motifs is 1. The summed E-state index contributed by atoms with van der Waals surface area (Å²) in [5.41, 5.74) is 3.51. The van der Waals surface area contributed by atoms with Gasteiger partial charge in [-0.25, -0.2) is 0 Å². The molecule has 2 aromatic heterocycles. The highest BCUT2D eigenvalue weighted by molar-refractivity contribution is 7.15. The van der Waals surface area contributed by atoms with Crippen molar-refractivity contribution in [1.82, 2.24) is 20.1 Å². The molecule has 3 aromatic rings. The molecule has 0 spiro atoms. The number of aromatic amines is 1. The minimum Gasteiger partial charge on any atom is -0.361 e. The molecular formula is C22H27N5O2S. The van der Waals surface area contributed by atoms with Crippen LogP contribution < -0.4 is 5.32 Å². The van der Waals surface area contributed by atoms with Gasteiger partial charge in [-0.2, -0.15) is 0 Å². The highest BCUT2D eigenvalue weighted by Gasteiger charge is 2.34. The van der Waals surface area contributed by atoms with Crippen LogP contribution in [-0.2, 0) is 22.4 Å². The van der Waals surface area contributed by atoms with Crippen molar-refractivity contribution >= 4 is 39.2 Å². The lowest BCUT2D eigenvalue weighted by Gasteiger charge is -2.16. The minimum atomic E-state index is -0.347. The molecule has 2 amide bonds. The van der Waals surface area contributed by atoms with Crippen LogP contribution in [0, 0.1) is 18.8 Å². The van der Waals surface area contributed by atoms with E-state index in [-0.39, 0.29) is 24.2 Å². The van der Waals surface area contributed by atoms with E-state index in [0.717, 1.165) is 23.4 Å². The van der Waals surface area contributed by atoms with Crippen molar-refractivity contribution in [2.24, 2.45) is 11.8 Å². The quantitative estimate of drug-likeness (QED) is 0.606. The summed E-state index contributed by atoms with van der Waals surface area (Å²) in [6, 6.07) is 6.33. The molecule has 3 heterocycles. The van der Waals surface area contributed by atoms with Crippen LogP contribution >= 0.6 is 11.3 Å². The number of amides is 2. The monoisotopic (exact) mass is 425 g/mol. The zero-order valence-corrected chi connectivity index (χ0v) is 18.4. The highest BCUT2D eigenvalue weighted by Crippen LogP contribution is 2.24. The average molecular weight is 426 g/mol. The van der Waals surface area contributed by atoms with Crippen LogP contribution in [0.2, 0.25) is 0 Å². The van der Waals surface area contributed by atoms with E-state index in [4.69, 9.17) is 0 Å². The molecule has 1 fully saturated rings. The number of hydrogen-bond acceptors (Lipinski definition) is 5. The lowest BCUT2D eigenvalue weighted by atomic mass is 10.1. The first-order valence-corrected chi connectivity index (χ1v) is 11.2. The third kappa shape index (κ3) is 4.53. The Morgan fingerprint density at radius 1 is 1.37 bits per heavy atom. The molecule has 1 saturated heterocycles. The van der Waals surface area contributed by atoms with Crippen molar-refractivity contribution in [3.63, 3.8) is 0 Å². The van der Waals surface area contributed by atoms with Crippen molar-refractivity contribution in [3.05, 3.63) is 40.5 Å². The van der Waals surface area contributed by atoms with E-state index in [2.05, 4.69) is 59.5 Å². The van der Waals surface area contributed by atoms with Crippen LogP contribution in [0.1, 0.15) is 36.4 Å². The fraction of sp³-hybridized carbons (Fsp3) is 0.455. The van der Waals surface area contributed by atoms with Crippen LogP contribution in [0.15, 0.2) is 24.4 Å². The average Bonchev–Trinajstić information content (AvgIpc) is 3.39. The maximum absolute atomic E-state index is 12.6. The lowest BCUT2D eigenvalue weighted by molar-refractivity contribution is -0.128. The van der Waals surface area contributed by atoms with Gasteiger partial charge >= 0.3 is 0 Å². The van der Waals surface area contributed by atoms with Gasteiger partial charge in [0.2, 0.25) is 16.9 Å². The maximum atomic E-state index is 12.6. The lowest BCUT2D eigenvalue weighted by Crippen LogP contribution is -2.30. The van der Waals surface area contributed by atoms with Crippen LogP contribution in [0.5, 0.6) is 0 Å². The van der Waals surface area contributed by atoms with Gasteiger partial charge in [0.25, 0.3) is 0 Å². The summed E-state index contributed by atoms with van der Waals surface area (Å²) in [4.78, 5) is 30.2. The number of carbonyl (C=O) groups excluding carboxylic acids is 2. The van der Waals surface area contributed by atoms with Crippen LogP contribution in [-0.4, -0.2) is 45.0 Å². The standard InChI is InChI=1S/C22H27N5O2S/c1-13(2)8-19-25-26-22(30-19)24-21(29)16-10-20(28)27(12-16)7-6-15-11-23-18-5-4-14(3)9-17(15)18/h4-5,9,11,13,16,23H,6-8,10,12H2,1-3H3,(H,24,26,29). The van der Waals surface area contributed by atoms with Gasteiger partial charge in [-0.15, -0.1) is 10.2 Å². The molecule has 30 heavy (non-hydrogen) atoms. The molecule has 0 aliphatic carbocycles. The number of likely N-dealkylation sites (tertiary alicyclic amines) is 1. The number of aryl methyl sites for hydroxylation is 1. The molecule has 8 heteroatoms. The van der Waals surface area contributed by atoms with Crippen LogP contribution in [0.25, 0.3) is 10.9 Å². The SMILES string of the molecule is Cc1ccc2[nH]cc(CCN3CC(C(=O)Nc4nnc(CC(C)C)s4)CC3=O)c2c1. The number of nitrogens with one attached hydrogen (secondary N) is 2. The van der Waals surface area contributed by atoms with E-state index in [1.807, 2.05) is 6.20 Å². The number of benzene rings is 1. The third-order valence-electron chi connectivity index (χ3n) is 5.44. The summed E-state index contributed by atoms with van der Waals surface area (Å²) in [5, 5.41) is 13.7. The van der Waals surface area contributed by atoms with Gasteiger partial charge in [0.05, 0.1) is 5.92 Å². The number of anilines is 1. The molecule has 1 aliphatic rings. The second kappa shape index (κ2) is 8.55. The Kier molecular flexibility index (Phi) is 5.85. The van der Waals surface area contributed by atoms with E-state index < -0.39 is 0 Å². The van der Waals surface area contributed by atoms with Crippen molar-refractivity contribution in [2.45, 2.75) is 40.0 Å². The second-order valence-electron chi connectivity index (χ2n) is 8.44. The fourth-order valence-electron chi connectivity index (χ4n) is 3.86. The molecule has 158 valence electrons. The maximum Gasteiger partial charge on any atom is 0.231 e. The third-order valence-corrected chi connectivity index (χ3v) is 6.30. The molecule has 0 saturated carbocycles. The Balaban J connectivity index is 1.33. The molecule has 1 aromatic carbocycles. The predicted octanol–water partition coefficient (Wildman–Crippen LogP) is 3.56. The zero-order chi connectivity index (χ0) is 21.3. The summed E-state index contributed by atoms with van der Waals surface area (Å²) >= 11 is 1.40. The Morgan fingerprint density at radius 3 is 3.00 bits per heavy atom. The molecular weight excluding hydrogens is 398 g/mol. The first-order valence-electron chi connectivity index (χ1n) is 10.4. The van der Waals surface area contributed by atoms with Crippen molar-refractivity contribution < 1.29 is 9.59 Å². The Bertz CT molecular complexity index is 1070. The normalized spacial score (nSPS) is 16.7. The highest BCUT2D eigenvalue weighted by atomic mass is 32.1. The van der Waals surface area contributed by atoms with E-state index in [1.54, 1.807) is 4.90 Å². The Morgan fingerprint density at radius 2 is 2.20 bits per heavy atom. The molecule has 1 unspecified atom stereocenters. The summed E-state index contributed by atoms with van der Waals surface area (Å²) in [6.07, 6.45) is 3.87. The summed E-state index contributed by atoms with van der Waals surface area (Å²) in [7, 11) is 0. The smallest absolute Gasteiger partial charge is 0.231 e. The molecule has 0 bridgehead atoms. The van der Waals surface area contributed by atoms with Crippen LogP contribution in [0.4, 0.5) is 5.13 Å². The number of hydrogen-bond donors (Lipinski definition) is 2. The largest absolute Gasteiger partial charge is 0.361 e. The van der Waals surface area contributed by atoms with Gasteiger partial charge < -0.3 is 15.2 Å². The molecule has 4 rings (SSSR count). The van der Waals surface area contributed by atoms with Crippen molar-refractivity contribution in [3.8, 4) is 0 Å². The van der Waals surface area contributed by atoms with Gasteiger partial charge in [0.1, 0.15) is 5.01 Å². The zero-order valence-electron chi connectivity index (χ0n) is 17.6. The minimum absolute atomic E-state index is 0.0314. The molecule has 1 aliphatic heterocycles. The number of nitrogens with zero attached hydrogens (tertiary/aromatic N) is 3. The molecule has 0 radical (unpaired) electrons. The first kappa shape index (κ1) is 20.5. The van der Waals surface area contributed by atoms with E-state index in [9.17, 15) is 9.59 Å². The van der Waals surface area contributed by atoms with E-state index in [1.165, 1.54) is 27.8 Å². The van der Waals surface area contributed by atoms with Gasteiger partial charge in [0.15, 0.2) is 0 Å². The van der Waals surface area contributed by atoms with E-state index >= 15 is 0 Å². The number of carbonyl (C=O) groups is 2. The molecule has 1 atom stereocenters. The van der Waals surface area contributed by atoms with Gasteiger partial charge in [0, 0.05) is 43.0 Å². The summed E-state index contributed by atoms with van der Waals surface area (Å²) in [5.74, 6) is 0.0217. The number of rotatable bonds is 7. The molecule has 2 N–H and O–H groups in total. The fourth-order valence-corrected chi connectivity index (χ4v) is 4.82. The predicted molar refractivity (Wildman–Crippen MR) is 119 cm³/mol. The second-order valence-corrected chi connectivity index (χ2v) is 9.50. The van der Waals surface area contributed by atoms with Crippen molar-refractivity contribution in [1.29, 1.82) is 0 Å². The van der Waals surface area contributed by atoms with E-state index in [0.29, 0.717) is 24.1 Å². The number of aromatic nitrogens is 3. The van der Waals surface area contributed by atoms with Gasteiger partial charge in [-0.3, -0.25) is 9.59 Å².